The summed E-state index contributed by atoms with van der Waals surface area (Å²) in [5, 5.41) is 0. The normalized spacial score (nSPS) is 16.4. The first-order chi connectivity index (χ1) is 10.8. The van der Waals surface area contributed by atoms with E-state index in [9.17, 15) is 0 Å². The number of fused-ring (bicyclic) bond motifs is 1. The Morgan fingerprint density at radius 1 is 1.13 bits per heavy atom. The Morgan fingerprint density at radius 3 is 2.52 bits per heavy atom. The molecular weight excluding hydrogens is 282 g/mol. The maximum absolute atomic E-state index is 6.06. The molecular formula is C21H25NO. The molecule has 0 radical (unpaired) electrons. The van der Waals surface area contributed by atoms with Crippen LogP contribution < -0.4 is 4.74 Å². The molecule has 2 heterocycles. The van der Waals surface area contributed by atoms with Crippen LogP contribution in [0.1, 0.15) is 56.9 Å². The van der Waals surface area contributed by atoms with Gasteiger partial charge in [0.25, 0.3) is 0 Å². The van der Waals surface area contributed by atoms with Crippen LogP contribution in [0.25, 0.3) is 12.2 Å². The van der Waals surface area contributed by atoms with E-state index in [4.69, 9.17) is 4.74 Å². The van der Waals surface area contributed by atoms with E-state index in [0.29, 0.717) is 0 Å². The minimum absolute atomic E-state index is 0.0582. The summed E-state index contributed by atoms with van der Waals surface area (Å²) in [6.45, 7) is 12.0. The number of aromatic nitrogens is 1. The largest absolute Gasteiger partial charge is 0.492 e. The molecule has 0 saturated carbocycles. The molecule has 1 aliphatic rings. The summed E-state index contributed by atoms with van der Waals surface area (Å²) < 4.78 is 6.06. The van der Waals surface area contributed by atoms with Crippen LogP contribution in [0.5, 0.6) is 5.75 Å². The van der Waals surface area contributed by atoms with Gasteiger partial charge in [0.2, 0.25) is 0 Å². The fourth-order valence-corrected chi connectivity index (χ4v) is 2.96. The molecule has 1 aliphatic heterocycles. The van der Waals surface area contributed by atoms with Crippen molar-refractivity contribution in [3.8, 4) is 5.75 Å². The third-order valence-electron chi connectivity index (χ3n) is 4.38. The Morgan fingerprint density at radius 2 is 1.87 bits per heavy atom. The summed E-state index contributed by atoms with van der Waals surface area (Å²) in [6, 6.07) is 8.55. The van der Waals surface area contributed by atoms with Crippen LogP contribution in [0.15, 0.2) is 36.7 Å². The van der Waals surface area contributed by atoms with Crippen molar-refractivity contribution in [1.29, 1.82) is 0 Å². The van der Waals surface area contributed by atoms with Crippen molar-refractivity contribution < 1.29 is 4.74 Å². The Hall–Kier alpha value is -2.09. The number of rotatable bonds is 2. The summed E-state index contributed by atoms with van der Waals surface area (Å²) in [4.78, 5) is 4.16. The lowest BCUT2D eigenvalue weighted by atomic mass is 9.79. The lowest BCUT2D eigenvalue weighted by Crippen LogP contribution is -2.18. The monoisotopic (exact) mass is 307 g/mol. The zero-order valence-electron chi connectivity index (χ0n) is 14.7. The van der Waals surface area contributed by atoms with Crippen LogP contribution in [0.2, 0.25) is 0 Å². The molecule has 120 valence electrons. The number of ether oxygens (including phenoxy) is 1. The summed E-state index contributed by atoms with van der Waals surface area (Å²) in [6.07, 6.45) is 7.96. The SMILES string of the molecule is CC(C)(C)c1cc(/C=C\c2cccnc2)cc2c1OCC2(C)C. The van der Waals surface area contributed by atoms with Gasteiger partial charge in [0, 0.05) is 28.9 Å². The molecule has 0 fully saturated rings. The van der Waals surface area contributed by atoms with Crippen LogP contribution in [0.3, 0.4) is 0 Å². The summed E-state index contributed by atoms with van der Waals surface area (Å²) in [5.74, 6) is 1.08. The Balaban J connectivity index is 2.07. The molecule has 2 heteroatoms. The lowest BCUT2D eigenvalue weighted by Gasteiger charge is -2.23. The molecule has 0 N–H and O–H groups in total. The van der Waals surface area contributed by atoms with Gasteiger partial charge in [-0.15, -0.1) is 0 Å². The highest BCUT2D eigenvalue weighted by Crippen LogP contribution is 2.45. The second-order valence-electron chi connectivity index (χ2n) is 7.99. The third kappa shape index (κ3) is 3.17. The van der Waals surface area contributed by atoms with Crippen LogP contribution in [0, 0.1) is 0 Å². The van der Waals surface area contributed by atoms with Crippen molar-refractivity contribution in [2.75, 3.05) is 6.61 Å². The molecule has 0 unspecified atom stereocenters. The van der Waals surface area contributed by atoms with Crippen molar-refractivity contribution in [2.45, 2.75) is 45.4 Å². The van der Waals surface area contributed by atoms with Gasteiger partial charge in [-0.1, -0.05) is 52.8 Å². The highest BCUT2D eigenvalue weighted by Gasteiger charge is 2.36. The van der Waals surface area contributed by atoms with E-state index < -0.39 is 0 Å². The quantitative estimate of drug-likeness (QED) is 0.759. The number of pyridine rings is 1. The molecule has 1 aromatic heterocycles. The van der Waals surface area contributed by atoms with Crippen LogP contribution in [-0.4, -0.2) is 11.6 Å². The zero-order valence-corrected chi connectivity index (χ0v) is 14.7. The van der Waals surface area contributed by atoms with Gasteiger partial charge >= 0.3 is 0 Å². The van der Waals surface area contributed by atoms with Gasteiger partial charge in [-0.3, -0.25) is 4.98 Å². The predicted octanol–water partition coefficient (Wildman–Crippen LogP) is 5.22. The average Bonchev–Trinajstić information content (AvgIpc) is 2.80. The van der Waals surface area contributed by atoms with Crippen molar-refractivity contribution in [3.05, 3.63) is 58.9 Å². The fourth-order valence-electron chi connectivity index (χ4n) is 2.96. The standard InChI is InChI=1S/C21H25NO/c1-20(2,3)17-11-16(9-8-15-7-6-10-22-13-15)12-18-19(17)23-14-21(18,4)5/h6-13H,14H2,1-5H3/b9-8-. The maximum atomic E-state index is 6.06. The predicted molar refractivity (Wildman–Crippen MR) is 96.8 cm³/mol. The summed E-state index contributed by atoms with van der Waals surface area (Å²) in [5.41, 5.74) is 5.05. The van der Waals surface area contributed by atoms with E-state index in [2.05, 4.69) is 70.0 Å². The number of hydrogen-bond donors (Lipinski definition) is 0. The topological polar surface area (TPSA) is 22.1 Å². The van der Waals surface area contributed by atoms with Gasteiger partial charge in [0.15, 0.2) is 0 Å². The Kier molecular flexibility index (Phi) is 3.79. The first-order valence-electron chi connectivity index (χ1n) is 8.17. The van der Waals surface area contributed by atoms with Crippen molar-refractivity contribution in [3.63, 3.8) is 0 Å². The molecule has 0 saturated heterocycles. The van der Waals surface area contributed by atoms with E-state index in [1.807, 2.05) is 12.3 Å². The summed E-state index contributed by atoms with van der Waals surface area (Å²) >= 11 is 0. The van der Waals surface area contributed by atoms with Crippen LogP contribution in [-0.2, 0) is 10.8 Å². The second kappa shape index (κ2) is 5.52. The van der Waals surface area contributed by atoms with E-state index in [1.165, 1.54) is 16.7 Å². The third-order valence-corrected chi connectivity index (χ3v) is 4.38. The van der Waals surface area contributed by atoms with Gasteiger partial charge in [-0.25, -0.2) is 0 Å². The van der Waals surface area contributed by atoms with Gasteiger partial charge in [0.1, 0.15) is 5.75 Å². The minimum atomic E-state index is 0.0582. The van der Waals surface area contributed by atoms with E-state index in [-0.39, 0.29) is 10.8 Å². The molecule has 1 aromatic carbocycles. The minimum Gasteiger partial charge on any atom is -0.492 e. The molecule has 0 spiro atoms. The van der Waals surface area contributed by atoms with E-state index >= 15 is 0 Å². The maximum Gasteiger partial charge on any atom is 0.126 e. The molecule has 2 aromatic rings. The highest BCUT2D eigenvalue weighted by molar-refractivity contribution is 5.71. The second-order valence-corrected chi connectivity index (χ2v) is 7.99. The molecule has 23 heavy (non-hydrogen) atoms. The van der Waals surface area contributed by atoms with Gasteiger partial charge < -0.3 is 4.74 Å². The Bertz CT molecular complexity index is 736. The summed E-state index contributed by atoms with van der Waals surface area (Å²) in [7, 11) is 0. The molecule has 0 amide bonds. The zero-order chi connectivity index (χ0) is 16.7. The smallest absolute Gasteiger partial charge is 0.126 e. The van der Waals surface area contributed by atoms with Crippen molar-refractivity contribution in [2.24, 2.45) is 0 Å². The van der Waals surface area contributed by atoms with Gasteiger partial charge in [-0.05, 0) is 34.7 Å². The molecule has 0 bridgehead atoms. The van der Waals surface area contributed by atoms with Gasteiger partial charge in [0.05, 0.1) is 6.61 Å². The first-order valence-corrected chi connectivity index (χ1v) is 8.17. The Labute approximate surface area is 139 Å². The fraction of sp³-hybridized carbons (Fsp3) is 0.381. The lowest BCUT2D eigenvalue weighted by molar-refractivity contribution is 0.286. The molecule has 0 atom stereocenters. The first kappa shape index (κ1) is 15.8. The molecule has 3 rings (SSSR count). The number of hydrogen-bond acceptors (Lipinski definition) is 2. The van der Waals surface area contributed by atoms with Crippen LogP contribution in [0.4, 0.5) is 0 Å². The number of benzene rings is 1. The number of nitrogens with zero attached hydrogens (tertiary/aromatic N) is 1. The highest BCUT2D eigenvalue weighted by atomic mass is 16.5. The van der Waals surface area contributed by atoms with E-state index in [1.54, 1.807) is 6.20 Å². The van der Waals surface area contributed by atoms with Gasteiger partial charge in [-0.2, -0.15) is 0 Å². The van der Waals surface area contributed by atoms with Crippen molar-refractivity contribution >= 4 is 12.2 Å². The van der Waals surface area contributed by atoms with E-state index in [0.717, 1.165) is 17.9 Å². The molecule has 2 nitrogen and oxygen atoms in total. The van der Waals surface area contributed by atoms with Crippen LogP contribution >= 0.6 is 0 Å². The van der Waals surface area contributed by atoms with Crippen molar-refractivity contribution in [1.82, 2.24) is 4.98 Å². The average molecular weight is 307 g/mol. The molecule has 0 aliphatic carbocycles.